The summed E-state index contributed by atoms with van der Waals surface area (Å²) >= 11 is -0.556. The van der Waals surface area contributed by atoms with Gasteiger partial charge in [-0.2, -0.15) is 0 Å². The van der Waals surface area contributed by atoms with Gasteiger partial charge in [-0.3, -0.25) is 4.90 Å². The first-order valence-electron chi connectivity index (χ1n) is 12.1. The minimum atomic E-state index is -1.64. The van der Waals surface area contributed by atoms with E-state index in [1.165, 1.54) is 57.9 Å². The van der Waals surface area contributed by atoms with Crippen molar-refractivity contribution in [2.45, 2.75) is 115 Å². The number of fused-ring (bicyclic) bond motifs is 5. The van der Waals surface area contributed by atoms with Gasteiger partial charge in [0.1, 0.15) is 0 Å². The molecule has 0 N–H and O–H groups in total. The normalized spacial score (nSPS) is 38.5. The van der Waals surface area contributed by atoms with Gasteiger partial charge in [0.05, 0.1) is 0 Å². The summed E-state index contributed by atoms with van der Waals surface area (Å²) in [6.07, 6.45) is 12.0. The Hall–Kier alpha value is 1.43. The van der Waals surface area contributed by atoms with Crippen molar-refractivity contribution < 1.29 is 17.0 Å². The van der Waals surface area contributed by atoms with Gasteiger partial charge in [-0.05, 0) is 55.0 Å². The number of hydrogen-bond donors (Lipinski definition) is 0. The second kappa shape index (κ2) is 11.2. The molecule has 30 heavy (non-hydrogen) atoms. The van der Waals surface area contributed by atoms with Crippen LogP contribution in [-0.4, -0.2) is 37.3 Å². The zero-order chi connectivity index (χ0) is 21.4. The van der Waals surface area contributed by atoms with Gasteiger partial charge >= 0.3 is 35.6 Å². The molecular weight excluding hydrogens is 463 g/mol. The van der Waals surface area contributed by atoms with Gasteiger partial charge in [0, 0.05) is 12.1 Å². The standard InChI is InChI=1S/C23H43N2Si.CH3.2ClH.Ti/c1-7-25-19-15-11-10-14-18(19)20-16-12-8-9-13-17(16)22(21(20)25)26(5,6)24-23(2,3)4;;;;/h16-22H,7-15H2,1-6H3;1H3;2*1H;/q2*-1;;;+2/p-2. The van der Waals surface area contributed by atoms with Gasteiger partial charge < -0.3 is 12.4 Å². The SMILES string of the molecule is CCN1C2CCCCC2C2C3CCCCC3C([Si](C)(C)[N-]C(C)(C)C)C21.[CH3-].[Cl][Ti][Cl]. The summed E-state index contributed by atoms with van der Waals surface area (Å²) in [5, 5.41) is 0. The van der Waals surface area contributed by atoms with E-state index in [0.717, 1.165) is 41.3 Å². The molecule has 4 aliphatic rings. The summed E-state index contributed by atoms with van der Waals surface area (Å²) < 4.78 is 0. The zero-order valence-corrected chi connectivity index (χ0v) is 24.6. The van der Waals surface area contributed by atoms with Crippen LogP contribution < -0.4 is 0 Å². The van der Waals surface area contributed by atoms with Crippen molar-refractivity contribution in [2.75, 3.05) is 6.54 Å². The van der Waals surface area contributed by atoms with Crippen LogP contribution in [0.5, 0.6) is 0 Å². The van der Waals surface area contributed by atoms with E-state index in [1.807, 2.05) is 0 Å². The molecule has 4 rings (SSSR count). The molecule has 1 saturated heterocycles. The molecule has 6 heteroatoms. The summed E-state index contributed by atoms with van der Waals surface area (Å²) in [4.78, 5) is 8.61. The predicted octanol–water partition coefficient (Wildman–Crippen LogP) is 8.26. The maximum absolute atomic E-state index is 5.57. The molecule has 3 aliphatic carbocycles. The Morgan fingerprint density at radius 1 is 0.933 bits per heavy atom. The average molecular weight is 510 g/mol. The molecule has 0 aromatic rings. The Bertz CT molecular complexity index is 542. The van der Waals surface area contributed by atoms with Crippen LogP contribution in [0.4, 0.5) is 0 Å². The third kappa shape index (κ3) is 5.56. The van der Waals surface area contributed by atoms with Crippen LogP contribution in [0.15, 0.2) is 0 Å². The number of halogens is 2. The van der Waals surface area contributed by atoms with Crippen molar-refractivity contribution >= 4 is 26.8 Å². The van der Waals surface area contributed by atoms with Gasteiger partial charge in [0.15, 0.2) is 0 Å². The monoisotopic (exact) mass is 508 g/mol. The van der Waals surface area contributed by atoms with Crippen molar-refractivity contribution in [3.8, 4) is 0 Å². The van der Waals surface area contributed by atoms with Gasteiger partial charge in [0.2, 0.25) is 0 Å². The quantitative estimate of drug-likeness (QED) is 0.277. The first kappa shape index (κ1) is 27.7. The second-order valence-electron chi connectivity index (χ2n) is 11.6. The van der Waals surface area contributed by atoms with Crippen LogP contribution in [-0.2, 0) is 17.0 Å². The van der Waals surface area contributed by atoms with Gasteiger partial charge in [-0.25, -0.2) is 0 Å². The molecule has 3 saturated carbocycles. The Balaban J connectivity index is 0.000000757. The fraction of sp³-hybridized carbons (Fsp3) is 0.958. The first-order valence-corrected chi connectivity index (χ1v) is 19.4. The Morgan fingerprint density at radius 3 is 1.97 bits per heavy atom. The molecule has 0 aromatic heterocycles. The van der Waals surface area contributed by atoms with E-state index in [1.54, 1.807) is 0 Å². The topological polar surface area (TPSA) is 17.3 Å². The number of likely N-dealkylation sites (tertiary alicyclic amines) is 1. The molecule has 1 aliphatic heterocycles. The van der Waals surface area contributed by atoms with Gasteiger partial charge in [-0.15, -0.1) is 5.54 Å². The third-order valence-electron chi connectivity index (χ3n) is 8.48. The molecule has 0 amide bonds. The van der Waals surface area contributed by atoms with Crippen LogP contribution in [0.3, 0.4) is 0 Å². The van der Waals surface area contributed by atoms with E-state index in [0.29, 0.717) is 0 Å². The molecule has 7 unspecified atom stereocenters. The summed E-state index contributed by atoms with van der Waals surface area (Å²) in [6.45, 7) is 16.0. The van der Waals surface area contributed by atoms with Crippen LogP contribution in [0.2, 0.25) is 18.6 Å². The summed E-state index contributed by atoms with van der Waals surface area (Å²) in [5.74, 6) is 4.05. The van der Waals surface area contributed by atoms with E-state index in [9.17, 15) is 0 Å². The molecule has 0 spiro atoms. The third-order valence-corrected chi connectivity index (χ3v) is 12.1. The molecular formula is C24H46Cl2N2SiTi-2. The van der Waals surface area contributed by atoms with E-state index >= 15 is 0 Å². The van der Waals surface area contributed by atoms with E-state index in [2.05, 4.69) is 45.7 Å². The van der Waals surface area contributed by atoms with Gasteiger partial charge in [0.25, 0.3) is 0 Å². The van der Waals surface area contributed by atoms with Crippen molar-refractivity contribution in [2.24, 2.45) is 23.7 Å². The van der Waals surface area contributed by atoms with Crippen molar-refractivity contribution in [1.82, 2.24) is 4.90 Å². The predicted molar refractivity (Wildman–Crippen MR) is 133 cm³/mol. The number of hydrogen-bond acceptors (Lipinski definition) is 1. The summed E-state index contributed by atoms with van der Waals surface area (Å²) in [6, 6.07) is 1.78. The van der Waals surface area contributed by atoms with E-state index < -0.39 is 25.3 Å². The Labute approximate surface area is 205 Å². The van der Waals surface area contributed by atoms with Crippen LogP contribution >= 0.6 is 18.6 Å². The number of nitrogens with zero attached hydrogens (tertiary/aromatic N) is 2. The maximum atomic E-state index is 5.57. The van der Waals surface area contributed by atoms with Crippen molar-refractivity contribution in [3.05, 3.63) is 12.4 Å². The molecule has 4 fully saturated rings. The zero-order valence-electron chi connectivity index (χ0n) is 20.6. The van der Waals surface area contributed by atoms with E-state index in [4.69, 9.17) is 23.6 Å². The average Bonchev–Trinajstić information content (AvgIpc) is 3.12. The van der Waals surface area contributed by atoms with Crippen LogP contribution in [0, 0.1) is 31.1 Å². The summed E-state index contributed by atoms with van der Waals surface area (Å²) in [5.41, 5.74) is 1.03. The fourth-order valence-electron chi connectivity index (χ4n) is 8.40. The molecule has 7 atom stereocenters. The van der Waals surface area contributed by atoms with Crippen molar-refractivity contribution in [3.63, 3.8) is 0 Å². The van der Waals surface area contributed by atoms with Crippen LogP contribution in [0.25, 0.3) is 4.98 Å². The molecule has 0 bridgehead atoms. The molecule has 1 heterocycles. The first-order chi connectivity index (χ1) is 13.7. The van der Waals surface area contributed by atoms with Crippen molar-refractivity contribution in [1.29, 1.82) is 0 Å². The summed E-state index contributed by atoms with van der Waals surface area (Å²) in [7, 11) is 8.14. The molecule has 0 aromatic carbocycles. The van der Waals surface area contributed by atoms with Gasteiger partial charge in [-0.1, -0.05) is 81.1 Å². The van der Waals surface area contributed by atoms with E-state index in [-0.39, 0.29) is 13.0 Å². The van der Waals surface area contributed by atoms with Crippen LogP contribution in [0.1, 0.15) is 79.1 Å². The minimum absolute atomic E-state index is 0. The number of rotatable bonds is 3. The second-order valence-corrected chi connectivity index (χ2v) is 18.3. The Morgan fingerprint density at radius 2 is 1.43 bits per heavy atom. The molecule has 176 valence electrons. The molecule has 0 radical (unpaired) electrons. The fourth-order valence-corrected chi connectivity index (χ4v) is 13.0. The molecule has 2 nitrogen and oxygen atoms in total. The Kier molecular flexibility index (Phi) is 10.4.